The summed E-state index contributed by atoms with van der Waals surface area (Å²) < 4.78 is 13.1. The van der Waals surface area contributed by atoms with E-state index in [9.17, 15) is 14.0 Å². The summed E-state index contributed by atoms with van der Waals surface area (Å²) in [4.78, 5) is 26.5. The fourth-order valence-corrected chi connectivity index (χ4v) is 2.67. The van der Waals surface area contributed by atoms with Crippen molar-refractivity contribution in [1.29, 1.82) is 0 Å². The van der Waals surface area contributed by atoms with E-state index in [4.69, 9.17) is 11.6 Å². The number of halogens is 2. The number of nitrogens with zero attached hydrogens (tertiary/aromatic N) is 1. The first-order valence-corrected chi connectivity index (χ1v) is 7.89. The van der Waals surface area contributed by atoms with Crippen molar-refractivity contribution in [2.75, 3.05) is 11.9 Å². The second-order valence-corrected chi connectivity index (χ2v) is 5.83. The Kier molecular flexibility index (Phi) is 4.67. The van der Waals surface area contributed by atoms with E-state index in [1.807, 2.05) is 0 Å². The zero-order valence-corrected chi connectivity index (χ0v) is 13.9. The van der Waals surface area contributed by atoms with Gasteiger partial charge >= 0.3 is 0 Å². The molecule has 0 radical (unpaired) electrons. The molecule has 1 aliphatic rings. The van der Waals surface area contributed by atoms with Crippen LogP contribution in [0, 0.1) is 5.82 Å². The smallest absolute Gasteiger partial charge is 0.278 e. The van der Waals surface area contributed by atoms with E-state index in [1.54, 1.807) is 24.3 Å². The third-order valence-electron chi connectivity index (χ3n) is 3.73. The van der Waals surface area contributed by atoms with Gasteiger partial charge in [-0.15, -0.1) is 6.58 Å². The molecular formula is C19H14ClFN2O2. The van der Waals surface area contributed by atoms with Gasteiger partial charge in [-0.3, -0.25) is 14.5 Å². The van der Waals surface area contributed by atoms with E-state index in [-0.39, 0.29) is 23.6 Å². The van der Waals surface area contributed by atoms with Crippen molar-refractivity contribution < 1.29 is 14.0 Å². The van der Waals surface area contributed by atoms with Gasteiger partial charge in [-0.1, -0.05) is 29.8 Å². The molecule has 0 unspecified atom stereocenters. The van der Waals surface area contributed by atoms with Crippen molar-refractivity contribution in [3.05, 3.63) is 83.3 Å². The molecule has 0 fully saturated rings. The van der Waals surface area contributed by atoms with Crippen LogP contribution in [0.4, 0.5) is 10.1 Å². The van der Waals surface area contributed by atoms with Gasteiger partial charge < -0.3 is 5.32 Å². The van der Waals surface area contributed by atoms with Gasteiger partial charge in [0.15, 0.2) is 0 Å². The second kappa shape index (κ2) is 6.91. The average molecular weight is 357 g/mol. The van der Waals surface area contributed by atoms with E-state index in [1.165, 1.54) is 30.3 Å². The molecule has 3 rings (SSSR count). The van der Waals surface area contributed by atoms with Crippen LogP contribution in [0.15, 0.2) is 66.9 Å². The molecule has 126 valence electrons. The Labute approximate surface area is 149 Å². The molecular weight excluding hydrogens is 343 g/mol. The zero-order valence-electron chi connectivity index (χ0n) is 13.1. The summed E-state index contributed by atoms with van der Waals surface area (Å²) in [5.74, 6) is -1.27. The van der Waals surface area contributed by atoms with Crippen LogP contribution in [0.5, 0.6) is 0 Å². The second-order valence-electron chi connectivity index (χ2n) is 5.40. The Morgan fingerprint density at radius 2 is 1.68 bits per heavy atom. The number of amides is 2. The van der Waals surface area contributed by atoms with Gasteiger partial charge in [-0.05, 0) is 42.0 Å². The molecule has 0 saturated heterocycles. The Hall–Kier alpha value is -2.92. The highest BCUT2D eigenvalue weighted by atomic mass is 35.5. The number of hydrogen-bond donors (Lipinski definition) is 1. The summed E-state index contributed by atoms with van der Waals surface area (Å²) in [5.41, 5.74) is 1.46. The molecule has 2 aromatic carbocycles. The van der Waals surface area contributed by atoms with Gasteiger partial charge in [0.2, 0.25) is 0 Å². The lowest BCUT2D eigenvalue weighted by atomic mass is 10.0. The van der Waals surface area contributed by atoms with Crippen molar-refractivity contribution in [1.82, 2.24) is 4.90 Å². The lowest BCUT2D eigenvalue weighted by Crippen LogP contribution is -2.32. The predicted molar refractivity (Wildman–Crippen MR) is 95.3 cm³/mol. The molecule has 2 amide bonds. The number of carbonyl (C=O) groups is 2. The summed E-state index contributed by atoms with van der Waals surface area (Å²) >= 11 is 5.90. The number of carbonyl (C=O) groups excluding carboxylic acids is 2. The summed E-state index contributed by atoms with van der Waals surface area (Å²) in [5, 5.41) is 3.46. The van der Waals surface area contributed by atoms with E-state index in [2.05, 4.69) is 11.9 Å². The maximum Gasteiger partial charge on any atom is 0.278 e. The van der Waals surface area contributed by atoms with Crippen molar-refractivity contribution >= 4 is 34.7 Å². The van der Waals surface area contributed by atoms with Gasteiger partial charge in [0.1, 0.15) is 11.5 Å². The first-order chi connectivity index (χ1) is 12.0. The topological polar surface area (TPSA) is 49.4 Å². The van der Waals surface area contributed by atoms with Crippen molar-refractivity contribution in [2.45, 2.75) is 0 Å². The minimum Gasteiger partial charge on any atom is -0.350 e. The van der Waals surface area contributed by atoms with Crippen LogP contribution in [-0.2, 0) is 9.59 Å². The third-order valence-corrected chi connectivity index (χ3v) is 3.98. The first kappa shape index (κ1) is 16.9. The van der Waals surface area contributed by atoms with Crippen LogP contribution in [0.1, 0.15) is 5.56 Å². The Bertz CT molecular complexity index is 873. The standard InChI is InChI=1S/C19H14ClFN2O2/c1-2-11-23-18(24)16(12-3-5-13(20)6-4-12)17(19(23)25)22-15-9-7-14(21)8-10-15/h2-10,22H,1,11H2. The third kappa shape index (κ3) is 3.32. The lowest BCUT2D eigenvalue weighted by Gasteiger charge is -2.12. The van der Waals surface area contributed by atoms with Gasteiger partial charge in [0.05, 0.1) is 5.57 Å². The zero-order chi connectivity index (χ0) is 18.0. The van der Waals surface area contributed by atoms with Crippen molar-refractivity contribution in [3.63, 3.8) is 0 Å². The molecule has 4 nitrogen and oxygen atoms in total. The Morgan fingerprint density at radius 3 is 2.28 bits per heavy atom. The first-order valence-electron chi connectivity index (χ1n) is 7.51. The molecule has 0 saturated carbocycles. The highest BCUT2D eigenvalue weighted by Crippen LogP contribution is 2.31. The van der Waals surface area contributed by atoms with Crippen LogP contribution in [0.3, 0.4) is 0 Å². The predicted octanol–water partition coefficient (Wildman–Crippen LogP) is 3.86. The van der Waals surface area contributed by atoms with Gasteiger partial charge in [0, 0.05) is 17.3 Å². The van der Waals surface area contributed by atoms with E-state index < -0.39 is 11.8 Å². The van der Waals surface area contributed by atoms with E-state index in [0.29, 0.717) is 16.3 Å². The number of nitrogens with one attached hydrogen (secondary N) is 1. The molecule has 0 aromatic heterocycles. The van der Waals surface area contributed by atoms with Crippen LogP contribution in [0.25, 0.3) is 5.57 Å². The number of benzene rings is 2. The summed E-state index contributed by atoms with van der Waals surface area (Å²) in [7, 11) is 0. The summed E-state index contributed by atoms with van der Waals surface area (Å²) in [6, 6.07) is 12.2. The highest BCUT2D eigenvalue weighted by Gasteiger charge is 2.38. The molecule has 0 bridgehead atoms. The SMILES string of the molecule is C=CCN1C(=O)C(Nc2ccc(F)cc2)=C(c2ccc(Cl)cc2)C1=O. The maximum absolute atomic E-state index is 13.1. The largest absolute Gasteiger partial charge is 0.350 e. The molecule has 1 aliphatic heterocycles. The number of rotatable bonds is 5. The maximum atomic E-state index is 13.1. The minimum atomic E-state index is -0.459. The average Bonchev–Trinajstić information content (AvgIpc) is 2.83. The molecule has 6 heteroatoms. The van der Waals surface area contributed by atoms with Crippen LogP contribution >= 0.6 is 11.6 Å². The summed E-state index contributed by atoms with van der Waals surface area (Å²) in [6.45, 7) is 3.68. The van der Waals surface area contributed by atoms with Crippen LogP contribution in [0.2, 0.25) is 5.02 Å². The highest BCUT2D eigenvalue weighted by molar-refractivity contribution is 6.37. The van der Waals surface area contributed by atoms with E-state index in [0.717, 1.165) is 4.90 Å². The Balaban J connectivity index is 2.06. The lowest BCUT2D eigenvalue weighted by molar-refractivity contribution is -0.136. The Morgan fingerprint density at radius 1 is 1.04 bits per heavy atom. The molecule has 0 atom stereocenters. The molecule has 25 heavy (non-hydrogen) atoms. The van der Waals surface area contributed by atoms with Gasteiger partial charge in [-0.25, -0.2) is 4.39 Å². The van der Waals surface area contributed by atoms with Crippen LogP contribution in [-0.4, -0.2) is 23.3 Å². The molecule has 2 aromatic rings. The normalized spacial score (nSPS) is 14.2. The molecule has 1 heterocycles. The monoisotopic (exact) mass is 356 g/mol. The van der Waals surface area contributed by atoms with Gasteiger partial charge in [0.25, 0.3) is 11.8 Å². The number of imide groups is 1. The summed E-state index contributed by atoms with van der Waals surface area (Å²) in [6.07, 6.45) is 1.48. The minimum absolute atomic E-state index is 0.101. The molecule has 0 spiro atoms. The fraction of sp³-hybridized carbons (Fsp3) is 0.0526. The van der Waals surface area contributed by atoms with Crippen molar-refractivity contribution in [3.8, 4) is 0 Å². The number of anilines is 1. The van der Waals surface area contributed by atoms with E-state index >= 15 is 0 Å². The number of hydrogen-bond acceptors (Lipinski definition) is 3. The van der Waals surface area contributed by atoms with Crippen molar-refractivity contribution in [2.24, 2.45) is 0 Å². The fourth-order valence-electron chi connectivity index (χ4n) is 2.55. The van der Waals surface area contributed by atoms with Crippen LogP contribution < -0.4 is 5.32 Å². The van der Waals surface area contributed by atoms with Gasteiger partial charge in [-0.2, -0.15) is 0 Å². The molecule has 1 N–H and O–H groups in total. The quantitative estimate of drug-likeness (QED) is 0.653. The molecule has 0 aliphatic carbocycles.